The highest BCUT2D eigenvalue weighted by atomic mass is 28.3. The zero-order chi connectivity index (χ0) is 20.5. The van der Waals surface area contributed by atoms with E-state index in [9.17, 15) is 5.11 Å². The zero-order valence-electron chi connectivity index (χ0n) is 18.1. The SMILES string of the molecule is CCCc1ccc(-c2ccc(O)cc2CCC[SiH](OC(C)C)OC(C)C)cc1. The van der Waals surface area contributed by atoms with E-state index >= 15 is 0 Å². The molecule has 4 heteroatoms. The molecule has 0 saturated carbocycles. The van der Waals surface area contributed by atoms with E-state index < -0.39 is 9.28 Å². The van der Waals surface area contributed by atoms with Crippen molar-refractivity contribution in [2.45, 2.75) is 78.6 Å². The Morgan fingerprint density at radius 1 is 0.893 bits per heavy atom. The standard InChI is InChI=1S/C24H36O3Si/c1-6-8-20-10-12-21(13-11-20)24-15-14-23(25)17-22(24)9-7-16-28(26-18(2)3)27-19(4)5/h10-15,17-19,25,28H,6-9,16H2,1-5H3. The molecule has 0 fully saturated rings. The van der Waals surface area contributed by atoms with Gasteiger partial charge in [0.15, 0.2) is 0 Å². The zero-order valence-corrected chi connectivity index (χ0v) is 19.2. The average Bonchev–Trinajstić information content (AvgIpc) is 2.62. The summed E-state index contributed by atoms with van der Waals surface area (Å²) in [6.07, 6.45) is 4.58. The topological polar surface area (TPSA) is 38.7 Å². The summed E-state index contributed by atoms with van der Waals surface area (Å²) in [5, 5.41) is 10.0. The van der Waals surface area contributed by atoms with E-state index in [1.165, 1.54) is 22.3 Å². The van der Waals surface area contributed by atoms with Crippen LogP contribution >= 0.6 is 0 Å². The van der Waals surface area contributed by atoms with Crippen molar-refractivity contribution in [3.05, 3.63) is 53.6 Å². The summed E-state index contributed by atoms with van der Waals surface area (Å²) >= 11 is 0. The van der Waals surface area contributed by atoms with Gasteiger partial charge in [0.1, 0.15) is 5.75 Å². The van der Waals surface area contributed by atoms with Crippen molar-refractivity contribution in [3.8, 4) is 16.9 Å². The maximum atomic E-state index is 10.0. The summed E-state index contributed by atoms with van der Waals surface area (Å²) in [6.45, 7) is 10.5. The van der Waals surface area contributed by atoms with Crippen LogP contribution in [-0.4, -0.2) is 26.6 Å². The fourth-order valence-corrected chi connectivity index (χ4v) is 5.53. The molecule has 2 rings (SSSR count). The molecule has 0 saturated heterocycles. The quantitative estimate of drug-likeness (QED) is 0.469. The Balaban J connectivity index is 2.09. The van der Waals surface area contributed by atoms with Gasteiger partial charge in [-0.25, -0.2) is 0 Å². The first-order valence-electron chi connectivity index (χ1n) is 10.6. The number of aromatic hydroxyl groups is 1. The molecule has 0 spiro atoms. The number of benzene rings is 2. The van der Waals surface area contributed by atoms with Crippen LogP contribution in [0.1, 0.15) is 58.6 Å². The van der Waals surface area contributed by atoms with Gasteiger partial charge >= 0.3 is 9.28 Å². The van der Waals surface area contributed by atoms with E-state index in [4.69, 9.17) is 8.85 Å². The van der Waals surface area contributed by atoms with Crippen LogP contribution in [0.25, 0.3) is 11.1 Å². The molecule has 1 N–H and O–H groups in total. The Morgan fingerprint density at radius 2 is 1.54 bits per heavy atom. The monoisotopic (exact) mass is 400 g/mol. The Bertz CT molecular complexity index is 700. The third kappa shape index (κ3) is 7.42. The minimum absolute atomic E-state index is 0.202. The first kappa shape index (κ1) is 22.7. The molecule has 0 atom stereocenters. The molecule has 2 aromatic carbocycles. The first-order valence-corrected chi connectivity index (χ1v) is 12.4. The van der Waals surface area contributed by atoms with Crippen LogP contribution in [0.5, 0.6) is 5.75 Å². The van der Waals surface area contributed by atoms with E-state index in [-0.39, 0.29) is 12.2 Å². The number of aryl methyl sites for hydroxylation is 2. The summed E-state index contributed by atoms with van der Waals surface area (Å²) in [6, 6.07) is 15.5. The number of phenolic OH excluding ortho intramolecular Hbond substituents is 1. The summed E-state index contributed by atoms with van der Waals surface area (Å²) in [5.41, 5.74) is 4.97. The van der Waals surface area contributed by atoms with E-state index in [0.29, 0.717) is 5.75 Å². The van der Waals surface area contributed by atoms with Crippen LogP contribution in [0.2, 0.25) is 6.04 Å². The van der Waals surface area contributed by atoms with Gasteiger partial charge in [0.05, 0.1) is 0 Å². The molecular formula is C24H36O3Si. The highest BCUT2D eigenvalue weighted by Gasteiger charge is 2.17. The first-order chi connectivity index (χ1) is 13.4. The minimum Gasteiger partial charge on any atom is -0.508 e. The molecule has 0 amide bonds. The van der Waals surface area contributed by atoms with Crippen LogP contribution in [-0.2, 0) is 21.7 Å². The van der Waals surface area contributed by atoms with Crippen LogP contribution in [0.4, 0.5) is 0 Å². The molecule has 3 nitrogen and oxygen atoms in total. The van der Waals surface area contributed by atoms with E-state index in [2.05, 4.69) is 58.9 Å². The predicted molar refractivity (Wildman–Crippen MR) is 120 cm³/mol. The Morgan fingerprint density at radius 3 is 2.11 bits per heavy atom. The lowest BCUT2D eigenvalue weighted by Crippen LogP contribution is -2.29. The fraction of sp³-hybridized carbons (Fsp3) is 0.500. The van der Waals surface area contributed by atoms with Crippen molar-refractivity contribution >= 4 is 9.28 Å². The second-order valence-corrected chi connectivity index (χ2v) is 9.96. The maximum Gasteiger partial charge on any atom is 0.321 e. The molecule has 0 heterocycles. The molecule has 0 aliphatic rings. The van der Waals surface area contributed by atoms with Gasteiger partial charge in [-0.2, -0.15) is 0 Å². The third-order valence-corrected chi connectivity index (χ3v) is 7.20. The lowest BCUT2D eigenvalue weighted by Gasteiger charge is -2.21. The Hall–Kier alpha value is -1.62. The van der Waals surface area contributed by atoms with Crippen molar-refractivity contribution < 1.29 is 14.0 Å². The number of hydrogen-bond donors (Lipinski definition) is 1. The second-order valence-electron chi connectivity index (χ2n) is 7.98. The van der Waals surface area contributed by atoms with Crippen LogP contribution in [0, 0.1) is 0 Å². The summed E-state index contributed by atoms with van der Waals surface area (Å²) in [4.78, 5) is 0. The van der Waals surface area contributed by atoms with Gasteiger partial charge in [0.2, 0.25) is 0 Å². The van der Waals surface area contributed by atoms with Crippen LogP contribution < -0.4 is 0 Å². The maximum absolute atomic E-state index is 10.0. The summed E-state index contributed by atoms with van der Waals surface area (Å²) in [7, 11) is -1.67. The van der Waals surface area contributed by atoms with Gasteiger partial charge in [0, 0.05) is 12.2 Å². The largest absolute Gasteiger partial charge is 0.508 e. The van der Waals surface area contributed by atoms with Crippen molar-refractivity contribution in [3.63, 3.8) is 0 Å². The highest BCUT2D eigenvalue weighted by Crippen LogP contribution is 2.29. The molecule has 0 unspecified atom stereocenters. The molecule has 0 bridgehead atoms. The number of phenols is 1. The predicted octanol–water partition coefficient (Wildman–Crippen LogP) is 6.01. The van der Waals surface area contributed by atoms with Gasteiger partial charge < -0.3 is 14.0 Å². The molecule has 154 valence electrons. The normalized spacial score (nSPS) is 11.7. The van der Waals surface area contributed by atoms with Gasteiger partial charge in [0.25, 0.3) is 0 Å². The van der Waals surface area contributed by atoms with E-state index in [1.54, 1.807) is 6.07 Å². The molecule has 0 aliphatic heterocycles. The second kappa shape index (κ2) is 11.4. The van der Waals surface area contributed by atoms with Crippen molar-refractivity contribution in [2.75, 3.05) is 0 Å². The minimum atomic E-state index is -1.67. The average molecular weight is 401 g/mol. The van der Waals surface area contributed by atoms with Gasteiger partial charge in [-0.1, -0.05) is 43.7 Å². The van der Waals surface area contributed by atoms with Gasteiger partial charge in [-0.3, -0.25) is 0 Å². The molecule has 2 aromatic rings. The summed E-state index contributed by atoms with van der Waals surface area (Å²) < 4.78 is 12.1. The number of rotatable bonds is 11. The van der Waals surface area contributed by atoms with Crippen molar-refractivity contribution in [1.82, 2.24) is 0 Å². The van der Waals surface area contributed by atoms with Gasteiger partial charge in [-0.05, 0) is 87.4 Å². The Labute approximate surface area is 172 Å². The van der Waals surface area contributed by atoms with Gasteiger partial charge in [-0.15, -0.1) is 0 Å². The number of hydrogen-bond acceptors (Lipinski definition) is 3. The molecule has 0 radical (unpaired) electrons. The van der Waals surface area contributed by atoms with Crippen LogP contribution in [0.15, 0.2) is 42.5 Å². The van der Waals surface area contributed by atoms with E-state index in [0.717, 1.165) is 31.7 Å². The van der Waals surface area contributed by atoms with Crippen molar-refractivity contribution in [2.24, 2.45) is 0 Å². The smallest absolute Gasteiger partial charge is 0.321 e. The molecule has 28 heavy (non-hydrogen) atoms. The fourth-order valence-electron chi connectivity index (χ4n) is 3.44. The molecular weight excluding hydrogens is 364 g/mol. The summed E-state index contributed by atoms with van der Waals surface area (Å²) in [5.74, 6) is 0.326. The lowest BCUT2D eigenvalue weighted by molar-refractivity contribution is 0.129. The van der Waals surface area contributed by atoms with E-state index in [1.807, 2.05) is 12.1 Å². The molecule has 0 aliphatic carbocycles. The highest BCUT2D eigenvalue weighted by molar-refractivity contribution is 6.44. The van der Waals surface area contributed by atoms with Crippen LogP contribution in [0.3, 0.4) is 0 Å². The Kier molecular flexibility index (Phi) is 9.22. The molecule has 0 aromatic heterocycles. The van der Waals surface area contributed by atoms with Crippen molar-refractivity contribution in [1.29, 1.82) is 0 Å². The lowest BCUT2D eigenvalue weighted by atomic mass is 9.95. The third-order valence-electron chi connectivity index (χ3n) is 4.63.